The number of hydrogen-bond acceptors (Lipinski definition) is 5. The molecule has 0 unspecified atom stereocenters. The van der Waals surface area contributed by atoms with Crippen LogP contribution in [-0.4, -0.2) is 31.6 Å². The summed E-state index contributed by atoms with van der Waals surface area (Å²) in [5.74, 6) is -0.482. The molecule has 0 spiro atoms. The number of amides is 4. The van der Waals surface area contributed by atoms with Crippen LogP contribution in [0, 0.1) is 6.92 Å². The van der Waals surface area contributed by atoms with E-state index in [-0.39, 0.29) is 5.57 Å². The summed E-state index contributed by atoms with van der Waals surface area (Å²) in [4.78, 5) is 38.6. The summed E-state index contributed by atoms with van der Waals surface area (Å²) >= 11 is 3.42. The maximum Gasteiger partial charge on any atom is 0.335 e. The van der Waals surface area contributed by atoms with Gasteiger partial charge in [-0.3, -0.25) is 14.9 Å². The molecule has 3 rings (SSSR count). The number of carbonyl (C=O) groups excluding carboxylic acids is 3. The Labute approximate surface area is 176 Å². The zero-order valence-electron chi connectivity index (χ0n) is 16.1. The molecule has 29 heavy (non-hydrogen) atoms. The van der Waals surface area contributed by atoms with E-state index >= 15 is 0 Å². The summed E-state index contributed by atoms with van der Waals surface area (Å²) in [6.07, 6.45) is 1.41. The van der Waals surface area contributed by atoms with E-state index in [9.17, 15) is 14.4 Å². The Hall–Kier alpha value is -3.13. The van der Waals surface area contributed by atoms with E-state index in [4.69, 9.17) is 9.47 Å². The molecule has 0 radical (unpaired) electrons. The average Bonchev–Trinajstić information content (AvgIpc) is 2.68. The summed E-state index contributed by atoms with van der Waals surface area (Å²) in [6.45, 7) is 4.15. The molecule has 1 aliphatic heterocycles. The van der Waals surface area contributed by atoms with Crippen molar-refractivity contribution < 1.29 is 23.9 Å². The maximum absolute atomic E-state index is 13.0. The first-order valence-electron chi connectivity index (χ1n) is 8.84. The van der Waals surface area contributed by atoms with Gasteiger partial charge in [0.05, 0.1) is 19.4 Å². The number of carbonyl (C=O) groups is 3. The lowest BCUT2D eigenvalue weighted by molar-refractivity contribution is -0.122. The number of rotatable bonds is 5. The summed E-state index contributed by atoms with van der Waals surface area (Å²) in [5.41, 5.74) is 1.72. The molecule has 1 aliphatic rings. The Morgan fingerprint density at radius 1 is 1.10 bits per heavy atom. The number of urea groups is 1. The molecule has 150 valence electrons. The predicted octanol–water partition coefficient (Wildman–Crippen LogP) is 3.83. The van der Waals surface area contributed by atoms with Crippen LogP contribution in [0.2, 0.25) is 0 Å². The number of barbiturate groups is 1. The molecule has 0 aliphatic carbocycles. The van der Waals surface area contributed by atoms with Crippen molar-refractivity contribution in [2.24, 2.45) is 0 Å². The second kappa shape index (κ2) is 8.48. The van der Waals surface area contributed by atoms with Crippen molar-refractivity contribution in [2.45, 2.75) is 13.8 Å². The van der Waals surface area contributed by atoms with Crippen LogP contribution in [0.3, 0.4) is 0 Å². The van der Waals surface area contributed by atoms with Crippen molar-refractivity contribution in [1.82, 2.24) is 5.32 Å². The number of nitrogens with one attached hydrogen (secondary N) is 1. The van der Waals surface area contributed by atoms with E-state index in [2.05, 4.69) is 21.2 Å². The molecule has 1 saturated heterocycles. The molecule has 0 saturated carbocycles. The molecule has 1 heterocycles. The number of halogens is 1. The third kappa shape index (κ3) is 4.17. The van der Waals surface area contributed by atoms with Crippen LogP contribution in [-0.2, 0) is 9.59 Å². The van der Waals surface area contributed by atoms with Crippen molar-refractivity contribution in [3.05, 3.63) is 57.6 Å². The van der Waals surface area contributed by atoms with Crippen molar-refractivity contribution in [3.63, 3.8) is 0 Å². The van der Waals surface area contributed by atoms with Crippen LogP contribution in [0.5, 0.6) is 11.5 Å². The van der Waals surface area contributed by atoms with Gasteiger partial charge in [0.2, 0.25) is 0 Å². The van der Waals surface area contributed by atoms with E-state index < -0.39 is 17.8 Å². The highest BCUT2D eigenvalue weighted by Gasteiger charge is 2.36. The topological polar surface area (TPSA) is 84.9 Å². The fourth-order valence-electron chi connectivity index (χ4n) is 2.83. The van der Waals surface area contributed by atoms with E-state index in [1.165, 1.54) is 13.2 Å². The molecule has 2 aromatic carbocycles. The number of nitrogens with zero attached hydrogens (tertiary/aromatic N) is 1. The summed E-state index contributed by atoms with van der Waals surface area (Å²) < 4.78 is 11.5. The number of imide groups is 2. The number of anilines is 1. The minimum atomic E-state index is -0.787. The van der Waals surface area contributed by atoms with E-state index in [0.29, 0.717) is 33.8 Å². The first-order valence-corrected chi connectivity index (χ1v) is 9.63. The van der Waals surface area contributed by atoms with Crippen LogP contribution >= 0.6 is 15.9 Å². The average molecular weight is 459 g/mol. The highest BCUT2D eigenvalue weighted by molar-refractivity contribution is 9.10. The van der Waals surface area contributed by atoms with Gasteiger partial charge in [-0.25, -0.2) is 9.69 Å². The molecule has 7 nitrogen and oxygen atoms in total. The summed E-state index contributed by atoms with van der Waals surface area (Å²) in [7, 11) is 1.52. The van der Waals surface area contributed by atoms with Gasteiger partial charge in [-0.05, 0) is 49.8 Å². The van der Waals surface area contributed by atoms with Crippen molar-refractivity contribution in [3.8, 4) is 11.5 Å². The van der Waals surface area contributed by atoms with Gasteiger partial charge in [0.15, 0.2) is 11.5 Å². The standard InChI is InChI=1S/C21H19BrN2O5/c1-4-29-18-10-13(16(22)11-17(18)28-3)9-15-19(25)23-21(27)24(20(15)26)14-7-5-12(2)6-8-14/h5-11H,4H2,1-3H3,(H,23,25,27). The van der Waals surface area contributed by atoms with Crippen LogP contribution in [0.4, 0.5) is 10.5 Å². The number of hydrogen-bond donors (Lipinski definition) is 1. The normalized spacial score (nSPS) is 15.5. The van der Waals surface area contributed by atoms with E-state index in [1.54, 1.807) is 36.4 Å². The first kappa shape index (κ1) is 20.6. The van der Waals surface area contributed by atoms with Gasteiger partial charge in [-0.15, -0.1) is 0 Å². The molecule has 4 amide bonds. The molecule has 0 bridgehead atoms. The zero-order chi connectivity index (χ0) is 21.1. The Morgan fingerprint density at radius 2 is 1.79 bits per heavy atom. The second-order valence-corrected chi connectivity index (χ2v) is 7.11. The smallest absolute Gasteiger partial charge is 0.335 e. The summed E-state index contributed by atoms with van der Waals surface area (Å²) in [6, 6.07) is 9.42. The highest BCUT2D eigenvalue weighted by atomic mass is 79.9. The fourth-order valence-corrected chi connectivity index (χ4v) is 3.27. The van der Waals surface area contributed by atoms with Gasteiger partial charge in [0, 0.05) is 4.47 Å². The molecule has 0 atom stereocenters. The first-order chi connectivity index (χ1) is 13.8. The number of methoxy groups -OCH3 is 1. The third-order valence-corrected chi connectivity index (χ3v) is 4.96. The third-order valence-electron chi connectivity index (χ3n) is 4.28. The minimum Gasteiger partial charge on any atom is -0.493 e. The molecule has 1 N–H and O–H groups in total. The lowest BCUT2D eigenvalue weighted by Crippen LogP contribution is -2.54. The Balaban J connectivity index is 2.05. The minimum absolute atomic E-state index is 0.168. The van der Waals surface area contributed by atoms with Crippen LogP contribution in [0.1, 0.15) is 18.1 Å². The largest absolute Gasteiger partial charge is 0.493 e. The summed E-state index contributed by atoms with van der Waals surface area (Å²) in [5, 5.41) is 2.21. The van der Waals surface area contributed by atoms with Gasteiger partial charge in [0.25, 0.3) is 11.8 Å². The zero-order valence-corrected chi connectivity index (χ0v) is 17.7. The quantitative estimate of drug-likeness (QED) is 0.543. The van der Waals surface area contributed by atoms with Gasteiger partial charge < -0.3 is 9.47 Å². The SMILES string of the molecule is CCOc1cc(C=C2C(=O)NC(=O)N(c3ccc(C)cc3)C2=O)c(Br)cc1OC. The molecule has 8 heteroatoms. The second-order valence-electron chi connectivity index (χ2n) is 6.25. The van der Waals surface area contributed by atoms with Crippen molar-refractivity contribution in [2.75, 3.05) is 18.6 Å². The van der Waals surface area contributed by atoms with Gasteiger partial charge in [-0.1, -0.05) is 33.6 Å². The number of aryl methyl sites for hydroxylation is 1. The Morgan fingerprint density at radius 3 is 2.41 bits per heavy atom. The van der Waals surface area contributed by atoms with Crippen LogP contribution in [0.15, 0.2) is 46.4 Å². The number of ether oxygens (including phenoxy) is 2. The molecular formula is C21H19BrN2O5. The Kier molecular flexibility index (Phi) is 6.03. The predicted molar refractivity (Wildman–Crippen MR) is 112 cm³/mol. The fraction of sp³-hybridized carbons (Fsp3) is 0.190. The molecular weight excluding hydrogens is 440 g/mol. The highest BCUT2D eigenvalue weighted by Crippen LogP contribution is 2.35. The molecule has 1 fully saturated rings. The molecule has 2 aromatic rings. The van der Waals surface area contributed by atoms with Gasteiger partial charge in [-0.2, -0.15) is 0 Å². The lowest BCUT2D eigenvalue weighted by atomic mass is 10.1. The van der Waals surface area contributed by atoms with E-state index in [0.717, 1.165) is 10.5 Å². The molecule has 0 aromatic heterocycles. The van der Waals surface area contributed by atoms with Gasteiger partial charge >= 0.3 is 6.03 Å². The Bertz CT molecular complexity index is 1010. The van der Waals surface area contributed by atoms with Crippen LogP contribution in [0.25, 0.3) is 6.08 Å². The van der Waals surface area contributed by atoms with Crippen LogP contribution < -0.4 is 19.7 Å². The van der Waals surface area contributed by atoms with Gasteiger partial charge in [0.1, 0.15) is 5.57 Å². The monoisotopic (exact) mass is 458 g/mol. The van der Waals surface area contributed by atoms with Crippen molar-refractivity contribution >= 4 is 45.5 Å². The van der Waals surface area contributed by atoms with Crippen molar-refractivity contribution in [1.29, 1.82) is 0 Å². The maximum atomic E-state index is 13.0. The van der Waals surface area contributed by atoms with E-state index in [1.807, 2.05) is 13.8 Å². The number of benzene rings is 2. The lowest BCUT2D eigenvalue weighted by Gasteiger charge is -2.26.